The standard InChI is InChI=1S/C25H26N2O2/c1-16-20(22-12-24(28)29-23(22)13-25(16,2)3)11-10-19-9-8-18(15-27-19)21-7-5-4-6-17(21)14-26/h4-11,15-16,20,22-23H,12-13H2,1-3H3/b11-10+/t16-,20-,22+,23-/m0/s1. The van der Waals surface area contributed by atoms with Gasteiger partial charge in [-0.05, 0) is 41.9 Å². The number of allylic oxidation sites excluding steroid dienone is 1. The molecule has 0 amide bonds. The van der Waals surface area contributed by atoms with Crippen molar-refractivity contribution in [3.63, 3.8) is 0 Å². The van der Waals surface area contributed by atoms with Crippen molar-refractivity contribution in [3.05, 3.63) is 59.9 Å². The van der Waals surface area contributed by atoms with Crippen LogP contribution >= 0.6 is 0 Å². The van der Waals surface area contributed by atoms with Gasteiger partial charge in [-0.1, -0.05) is 51.1 Å². The van der Waals surface area contributed by atoms with E-state index in [0.29, 0.717) is 17.9 Å². The molecule has 0 radical (unpaired) electrons. The van der Waals surface area contributed by atoms with Gasteiger partial charge in [-0.15, -0.1) is 0 Å². The molecule has 148 valence electrons. The first-order valence-corrected chi connectivity index (χ1v) is 10.2. The average molecular weight is 386 g/mol. The van der Waals surface area contributed by atoms with E-state index in [-0.39, 0.29) is 29.3 Å². The topological polar surface area (TPSA) is 63.0 Å². The van der Waals surface area contributed by atoms with Crippen LogP contribution in [0.3, 0.4) is 0 Å². The van der Waals surface area contributed by atoms with E-state index in [1.807, 2.05) is 42.6 Å². The molecule has 0 bridgehead atoms. The monoisotopic (exact) mass is 386 g/mol. The molecule has 1 aromatic heterocycles. The van der Waals surface area contributed by atoms with Crippen LogP contribution in [0.4, 0.5) is 0 Å². The molecule has 2 fully saturated rings. The van der Waals surface area contributed by atoms with Crippen molar-refractivity contribution < 1.29 is 9.53 Å². The molecule has 4 rings (SSSR count). The summed E-state index contributed by atoms with van der Waals surface area (Å²) in [7, 11) is 0. The van der Waals surface area contributed by atoms with Gasteiger partial charge in [0.25, 0.3) is 0 Å². The van der Waals surface area contributed by atoms with Crippen molar-refractivity contribution in [2.45, 2.75) is 39.7 Å². The quantitative estimate of drug-likeness (QED) is 0.676. The third kappa shape index (κ3) is 3.70. The van der Waals surface area contributed by atoms with Gasteiger partial charge < -0.3 is 4.74 Å². The van der Waals surface area contributed by atoms with Gasteiger partial charge in [-0.2, -0.15) is 5.26 Å². The smallest absolute Gasteiger partial charge is 0.306 e. The predicted molar refractivity (Wildman–Crippen MR) is 112 cm³/mol. The molecule has 4 atom stereocenters. The normalized spacial score (nSPS) is 28.0. The highest BCUT2D eigenvalue weighted by Gasteiger charge is 2.50. The minimum absolute atomic E-state index is 0.0289. The van der Waals surface area contributed by atoms with Gasteiger partial charge in [0, 0.05) is 23.2 Å². The van der Waals surface area contributed by atoms with Crippen LogP contribution in [0, 0.1) is 34.5 Å². The summed E-state index contributed by atoms with van der Waals surface area (Å²) < 4.78 is 5.60. The van der Waals surface area contributed by atoms with Crippen LogP contribution in [-0.2, 0) is 9.53 Å². The highest BCUT2D eigenvalue weighted by atomic mass is 16.5. The van der Waals surface area contributed by atoms with E-state index in [1.165, 1.54) is 0 Å². The molecule has 0 unspecified atom stereocenters. The molecule has 1 saturated heterocycles. The van der Waals surface area contributed by atoms with Gasteiger partial charge in [0.1, 0.15) is 6.10 Å². The Balaban J connectivity index is 1.57. The molecule has 1 aliphatic carbocycles. The number of esters is 1. The van der Waals surface area contributed by atoms with Crippen molar-refractivity contribution in [1.29, 1.82) is 5.26 Å². The number of benzene rings is 1. The van der Waals surface area contributed by atoms with Crippen LogP contribution in [0.5, 0.6) is 0 Å². The van der Waals surface area contributed by atoms with Crippen molar-refractivity contribution >= 4 is 12.0 Å². The molecule has 4 heteroatoms. The summed E-state index contributed by atoms with van der Waals surface area (Å²) in [6.45, 7) is 6.81. The van der Waals surface area contributed by atoms with Gasteiger partial charge in [-0.25, -0.2) is 0 Å². The number of ether oxygens (including phenoxy) is 1. The summed E-state index contributed by atoms with van der Waals surface area (Å²) >= 11 is 0. The first-order valence-electron chi connectivity index (χ1n) is 10.2. The Hall–Kier alpha value is -2.93. The Morgan fingerprint density at radius 2 is 2.03 bits per heavy atom. The van der Waals surface area contributed by atoms with E-state index in [0.717, 1.165) is 23.2 Å². The molecule has 2 aliphatic rings. The Labute approximate surface area is 172 Å². The number of carbonyl (C=O) groups excluding carboxylic acids is 1. The second-order valence-electron chi connectivity index (χ2n) is 8.94. The molecule has 1 aromatic carbocycles. The van der Waals surface area contributed by atoms with Crippen LogP contribution < -0.4 is 0 Å². The number of nitrogens with zero attached hydrogens (tertiary/aromatic N) is 2. The molecule has 1 saturated carbocycles. The number of nitriles is 1. The largest absolute Gasteiger partial charge is 0.462 e. The van der Waals surface area contributed by atoms with Gasteiger partial charge >= 0.3 is 5.97 Å². The first kappa shape index (κ1) is 19.4. The summed E-state index contributed by atoms with van der Waals surface area (Å²) in [5.41, 5.74) is 3.47. The second kappa shape index (κ2) is 7.48. The summed E-state index contributed by atoms with van der Waals surface area (Å²) in [5, 5.41) is 9.31. The lowest BCUT2D eigenvalue weighted by molar-refractivity contribution is -0.144. The summed E-state index contributed by atoms with van der Waals surface area (Å²) in [6, 6.07) is 13.8. The fraction of sp³-hybridized carbons (Fsp3) is 0.400. The van der Waals surface area contributed by atoms with Crippen LogP contribution in [0.2, 0.25) is 0 Å². The molecular weight excluding hydrogens is 360 g/mol. The number of fused-ring (bicyclic) bond motifs is 1. The molecular formula is C25H26N2O2. The molecule has 0 spiro atoms. The van der Waals surface area contributed by atoms with Gasteiger partial charge in [0.05, 0.1) is 23.7 Å². The first-order chi connectivity index (χ1) is 13.9. The Morgan fingerprint density at radius 3 is 2.76 bits per heavy atom. The van der Waals surface area contributed by atoms with Gasteiger partial charge in [0.15, 0.2) is 0 Å². The van der Waals surface area contributed by atoms with E-state index < -0.39 is 0 Å². The lowest BCUT2D eigenvalue weighted by Gasteiger charge is -2.46. The zero-order chi connectivity index (χ0) is 20.6. The summed E-state index contributed by atoms with van der Waals surface area (Å²) in [6.07, 6.45) is 7.56. The molecule has 1 aliphatic heterocycles. The average Bonchev–Trinajstić information content (AvgIpc) is 3.07. The Morgan fingerprint density at radius 1 is 1.24 bits per heavy atom. The van der Waals surface area contributed by atoms with E-state index in [9.17, 15) is 10.1 Å². The van der Waals surface area contributed by atoms with Gasteiger partial charge in [0.2, 0.25) is 0 Å². The van der Waals surface area contributed by atoms with E-state index in [1.54, 1.807) is 0 Å². The van der Waals surface area contributed by atoms with Gasteiger partial charge in [-0.3, -0.25) is 9.78 Å². The summed E-state index contributed by atoms with van der Waals surface area (Å²) in [5.74, 6) is 0.928. The number of hydrogen-bond acceptors (Lipinski definition) is 4. The number of rotatable bonds is 3. The molecule has 4 nitrogen and oxygen atoms in total. The zero-order valence-corrected chi connectivity index (χ0v) is 17.1. The van der Waals surface area contributed by atoms with Crippen molar-refractivity contribution in [2.24, 2.45) is 23.2 Å². The number of hydrogen-bond donors (Lipinski definition) is 0. The van der Waals surface area contributed by atoms with Crippen molar-refractivity contribution in [1.82, 2.24) is 4.98 Å². The van der Waals surface area contributed by atoms with Crippen LogP contribution in [0.15, 0.2) is 48.7 Å². The minimum Gasteiger partial charge on any atom is -0.462 e. The number of aromatic nitrogens is 1. The van der Waals surface area contributed by atoms with E-state index >= 15 is 0 Å². The maximum Gasteiger partial charge on any atom is 0.306 e. The fourth-order valence-electron chi connectivity index (χ4n) is 4.82. The van der Waals surface area contributed by atoms with Crippen molar-refractivity contribution in [2.75, 3.05) is 0 Å². The Kier molecular flexibility index (Phi) is 5.00. The van der Waals surface area contributed by atoms with Crippen molar-refractivity contribution in [3.8, 4) is 17.2 Å². The minimum atomic E-state index is -0.0677. The number of pyridine rings is 1. The lowest BCUT2D eigenvalue weighted by Crippen LogP contribution is -2.43. The SMILES string of the molecule is C[C@H]1[C@H](/C=C/c2ccc(-c3ccccc3C#N)cn2)[C@H]2CC(=O)O[C@H]2CC1(C)C. The molecule has 0 N–H and O–H groups in total. The fourth-order valence-corrected chi connectivity index (χ4v) is 4.82. The number of carbonyl (C=O) groups is 1. The Bertz CT molecular complexity index is 985. The van der Waals surface area contributed by atoms with Crippen LogP contribution in [-0.4, -0.2) is 17.1 Å². The van der Waals surface area contributed by atoms with Crippen LogP contribution in [0.1, 0.15) is 44.9 Å². The highest BCUT2D eigenvalue weighted by Crippen LogP contribution is 2.51. The molecule has 29 heavy (non-hydrogen) atoms. The zero-order valence-electron chi connectivity index (χ0n) is 17.1. The third-order valence-corrected chi connectivity index (χ3v) is 6.83. The summed E-state index contributed by atoms with van der Waals surface area (Å²) in [4.78, 5) is 16.5. The maximum absolute atomic E-state index is 11.9. The lowest BCUT2D eigenvalue weighted by atomic mass is 9.59. The predicted octanol–water partition coefficient (Wildman–Crippen LogP) is 5.25. The van der Waals surface area contributed by atoms with E-state index in [4.69, 9.17) is 4.74 Å². The maximum atomic E-state index is 11.9. The molecule has 2 heterocycles. The van der Waals surface area contributed by atoms with E-state index in [2.05, 4.69) is 44.0 Å². The van der Waals surface area contributed by atoms with Crippen LogP contribution in [0.25, 0.3) is 17.2 Å². The third-order valence-electron chi connectivity index (χ3n) is 6.83. The molecule has 2 aromatic rings. The second-order valence-corrected chi connectivity index (χ2v) is 8.94. The highest BCUT2D eigenvalue weighted by molar-refractivity contribution is 5.72.